The number of aryl methyl sites for hydroxylation is 1. The Morgan fingerprint density at radius 2 is 1.97 bits per heavy atom. The third-order valence-corrected chi connectivity index (χ3v) is 6.23. The van der Waals surface area contributed by atoms with Gasteiger partial charge in [0.1, 0.15) is 6.04 Å². The molecule has 2 aliphatic rings. The number of nitrogens with one attached hydrogen (secondary N) is 1. The fourth-order valence-corrected chi connectivity index (χ4v) is 4.45. The van der Waals surface area contributed by atoms with Crippen molar-refractivity contribution in [2.75, 3.05) is 32.8 Å². The Kier molecular flexibility index (Phi) is 8.26. The summed E-state index contributed by atoms with van der Waals surface area (Å²) in [6.07, 6.45) is 2.31. The van der Waals surface area contributed by atoms with E-state index in [4.69, 9.17) is 10.5 Å². The van der Waals surface area contributed by atoms with E-state index in [0.717, 1.165) is 18.4 Å². The molecule has 3 amide bonds. The lowest BCUT2D eigenvalue weighted by Crippen LogP contribution is -2.48. The average Bonchev–Trinajstić information content (AvgIpc) is 3.45. The van der Waals surface area contributed by atoms with Crippen LogP contribution in [0.15, 0.2) is 24.3 Å². The van der Waals surface area contributed by atoms with E-state index in [-0.39, 0.29) is 35.8 Å². The van der Waals surface area contributed by atoms with Gasteiger partial charge in [-0.1, -0.05) is 31.5 Å². The lowest BCUT2D eigenvalue weighted by atomic mass is 10.1. The first-order chi connectivity index (χ1) is 15.3. The van der Waals surface area contributed by atoms with Crippen molar-refractivity contribution in [3.05, 3.63) is 35.4 Å². The van der Waals surface area contributed by atoms with Crippen LogP contribution in [0.1, 0.15) is 49.0 Å². The van der Waals surface area contributed by atoms with Gasteiger partial charge in [-0.05, 0) is 38.3 Å². The summed E-state index contributed by atoms with van der Waals surface area (Å²) in [4.78, 5) is 42.8. The van der Waals surface area contributed by atoms with E-state index in [0.29, 0.717) is 44.8 Å². The van der Waals surface area contributed by atoms with Crippen molar-refractivity contribution in [2.24, 2.45) is 11.7 Å². The molecule has 8 nitrogen and oxygen atoms in total. The second-order valence-electron chi connectivity index (χ2n) is 9.09. The van der Waals surface area contributed by atoms with Gasteiger partial charge in [0.15, 0.2) is 0 Å². The summed E-state index contributed by atoms with van der Waals surface area (Å²) in [6.45, 7) is 7.90. The molecule has 2 aliphatic heterocycles. The van der Waals surface area contributed by atoms with Crippen LogP contribution >= 0.6 is 0 Å². The number of amides is 3. The summed E-state index contributed by atoms with van der Waals surface area (Å²) in [5.74, 6) is -0.582. The molecule has 3 unspecified atom stereocenters. The van der Waals surface area contributed by atoms with Gasteiger partial charge in [0.25, 0.3) is 5.91 Å². The van der Waals surface area contributed by atoms with E-state index in [9.17, 15) is 14.4 Å². The van der Waals surface area contributed by atoms with Gasteiger partial charge in [0.2, 0.25) is 11.8 Å². The van der Waals surface area contributed by atoms with Crippen LogP contribution in [-0.2, 0) is 14.3 Å². The molecule has 3 atom stereocenters. The summed E-state index contributed by atoms with van der Waals surface area (Å²) in [5.41, 5.74) is 7.15. The second-order valence-corrected chi connectivity index (χ2v) is 9.09. The topological polar surface area (TPSA) is 105 Å². The van der Waals surface area contributed by atoms with Crippen molar-refractivity contribution < 1.29 is 19.1 Å². The van der Waals surface area contributed by atoms with E-state index >= 15 is 0 Å². The minimum absolute atomic E-state index is 0.00377. The van der Waals surface area contributed by atoms with Crippen molar-refractivity contribution in [1.29, 1.82) is 0 Å². The molecule has 0 spiro atoms. The number of hydrogen-bond acceptors (Lipinski definition) is 5. The van der Waals surface area contributed by atoms with Gasteiger partial charge in [-0.2, -0.15) is 0 Å². The first-order valence-electron chi connectivity index (χ1n) is 11.6. The highest BCUT2D eigenvalue weighted by Crippen LogP contribution is 2.27. The Bertz CT molecular complexity index is 805. The van der Waals surface area contributed by atoms with E-state index in [1.54, 1.807) is 17.0 Å². The Morgan fingerprint density at radius 1 is 1.25 bits per heavy atom. The van der Waals surface area contributed by atoms with Crippen LogP contribution < -0.4 is 11.1 Å². The average molecular weight is 445 g/mol. The van der Waals surface area contributed by atoms with E-state index in [2.05, 4.69) is 5.32 Å². The van der Waals surface area contributed by atoms with E-state index in [1.807, 2.05) is 37.8 Å². The third kappa shape index (κ3) is 5.66. The van der Waals surface area contributed by atoms with E-state index < -0.39 is 6.04 Å². The van der Waals surface area contributed by atoms with Gasteiger partial charge >= 0.3 is 0 Å². The van der Waals surface area contributed by atoms with Crippen LogP contribution in [0.5, 0.6) is 0 Å². The fourth-order valence-electron chi connectivity index (χ4n) is 4.45. The number of benzene rings is 1. The SMILES string of the molecule is Cc1ccc(C(=O)N2CC(N(CC3CCCO3)C(=O)C(C)C)CC2C(=O)NCCN)cc1. The van der Waals surface area contributed by atoms with Crippen LogP contribution in [0.4, 0.5) is 0 Å². The minimum atomic E-state index is -0.646. The van der Waals surface area contributed by atoms with Crippen LogP contribution in [0.3, 0.4) is 0 Å². The van der Waals surface area contributed by atoms with Crippen molar-refractivity contribution in [3.63, 3.8) is 0 Å². The Labute approximate surface area is 190 Å². The van der Waals surface area contributed by atoms with Crippen LogP contribution in [0.2, 0.25) is 0 Å². The van der Waals surface area contributed by atoms with Crippen LogP contribution in [0.25, 0.3) is 0 Å². The predicted molar refractivity (Wildman–Crippen MR) is 122 cm³/mol. The molecule has 2 heterocycles. The Hall–Kier alpha value is -2.45. The minimum Gasteiger partial charge on any atom is -0.376 e. The highest BCUT2D eigenvalue weighted by Gasteiger charge is 2.44. The molecule has 0 saturated carbocycles. The fraction of sp³-hybridized carbons (Fsp3) is 0.625. The van der Waals surface area contributed by atoms with Crippen molar-refractivity contribution in [2.45, 2.75) is 58.2 Å². The molecule has 176 valence electrons. The number of rotatable bonds is 8. The van der Waals surface area contributed by atoms with Crippen LogP contribution in [0, 0.1) is 12.8 Å². The molecule has 3 rings (SSSR count). The predicted octanol–water partition coefficient (Wildman–Crippen LogP) is 1.32. The number of likely N-dealkylation sites (tertiary alicyclic amines) is 1. The van der Waals surface area contributed by atoms with Gasteiger partial charge < -0.3 is 25.6 Å². The molecular formula is C24H36N4O4. The van der Waals surface area contributed by atoms with Crippen molar-refractivity contribution in [1.82, 2.24) is 15.1 Å². The van der Waals surface area contributed by atoms with Gasteiger partial charge in [0.05, 0.1) is 12.1 Å². The lowest BCUT2D eigenvalue weighted by Gasteiger charge is -2.32. The summed E-state index contributed by atoms with van der Waals surface area (Å²) in [7, 11) is 0. The quantitative estimate of drug-likeness (QED) is 0.629. The number of nitrogens with two attached hydrogens (primary N) is 1. The molecule has 0 radical (unpaired) electrons. The first-order valence-corrected chi connectivity index (χ1v) is 11.6. The Balaban J connectivity index is 1.85. The smallest absolute Gasteiger partial charge is 0.254 e. The Morgan fingerprint density at radius 3 is 2.56 bits per heavy atom. The summed E-state index contributed by atoms with van der Waals surface area (Å²) in [6, 6.07) is 6.45. The number of nitrogens with zero attached hydrogens (tertiary/aromatic N) is 2. The normalized spacial score (nSPS) is 22.9. The number of hydrogen-bond donors (Lipinski definition) is 2. The maximum Gasteiger partial charge on any atom is 0.254 e. The maximum atomic E-state index is 13.4. The molecule has 0 aromatic heterocycles. The molecule has 1 aromatic carbocycles. The zero-order valence-corrected chi connectivity index (χ0v) is 19.4. The first kappa shape index (κ1) is 24.2. The highest BCUT2D eigenvalue weighted by atomic mass is 16.5. The number of ether oxygens (including phenoxy) is 1. The molecule has 0 bridgehead atoms. The molecule has 0 aliphatic carbocycles. The highest BCUT2D eigenvalue weighted by molar-refractivity contribution is 5.98. The summed E-state index contributed by atoms with van der Waals surface area (Å²) >= 11 is 0. The second kappa shape index (κ2) is 10.9. The zero-order chi connectivity index (χ0) is 23.3. The largest absolute Gasteiger partial charge is 0.376 e. The molecule has 1 aromatic rings. The van der Waals surface area contributed by atoms with Gasteiger partial charge in [0, 0.05) is 44.3 Å². The van der Waals surface area contributed by atoms with Crippen molar-refractivity contribution >= 4 is 17.7 Å². The molecule has 8 heteroatoms. The van der Waals surface area contributed by atoms with Crippen molar-refractivity contribution in [3.8, 4) is 0 Å². The molecule has 2 saturated heterocycles. The lowest BCUT2D eigenvalue weighted by molar-refractivity contribution is -0.138. The van der Waals surface area contributed by atoms with Gasteiger partial charge in [-0.25, -0.2) is 0 Å². The number of carbonyl (C=O) groups excluding carboxylic acids is 3. The van der Waals surface area contributed by atoms with E-state index in [1.165, 1.54) is 0 Å². The monoisotopic (exact) mass is 444 g/mol. The van der Waals surface area contributed by atoms with Crippen LogP contribution in [-0.4, -0.2) is 78.5 Å². The molecule has 2 fully saturated rings. The standard InChI is InChI=1S/C24H36N4O4/c1-16(2)23(30)27(15-20-5-4-12-32-20)19-13-21(22(29)26-11-10-25)28(14-19)24(31)18-8-6-17(3)7-9-18/h6-9,16,19-21H,4-5,10-15,25H2,1-3H3,(H,26,29). The summed E-state index contributed by atoms with van der Waals surface area (Å²) in [5, 5.41) is 2.82. The molecular weight excluding hydrogens is 408 g/mol. The number of carbonyl (C=O) groups is 3. The summed E-state index contributed by atoms with van der Waals surface area (Å²) < 4.78 is 5.79. The molecule has 3 N–H and O–H groups in total. The maximum absolute atomic E-state index is 13.4. The van der Waals surface area contributed by atoms with Gasteiger partial charge in [-0.3, -0.25) is 14.4 Å². The zero-order valence-electron chi connectivity index (χ0n) is 19.4. The third-order valence-electron chi connectivity index (χ3n) is 6.23. The van der Waals surface area contributed by atoms with Gasteiger partial charge in [-0.15, -0.1) is 0 Å². The molecule has 32 heavy (non-hydrogen) atoms.